The van der Waals surface area contributed by atoms with Gasteiger partial charge in [0.05, 0.1) is 0 Å². The highest BCUT2D eigenvalue weighted by Crippen LogP contribution is 2.29. The van der Waals surface area contributed by atoms with Gasteiger partial charge in [-0.05, 0) is 40.8 Å². The van der Waals surface area contributed by atoms with Crippen LogP contribution in [0.4, 0.5) is 11.4 Å². The minimum atomic E-state index is -0.154. The number of hydrogen-bond acceptors (Lipinski definition) is 2. The molecule has 1 amide bonds. The SMILES string of the molecule is CC(C)(C)c1ccccc1NC(=O)/C=C/c1cccc(N)c1. The zero-order valence-electron chi connectivity index (χ0n) is 13.3. The second-order valence-corrected chi connectivity index (χ2v) is 6.29. The molecule has 3 nitrogen and oxygen atoms in total. The van der Waals surface area contributed by atoms with Crippen molar-refractivity contribution in [2.24, 2.45) is 0 Å². The maximum absolute atomic E-state index is 12.1. The fourth-order valence-electron chi connectivity index (χ4n) is 2.26. The van der Waals surface area contributed by atoms with Crippen LogP contribution in [0.5, 0.6) is 0 Å². The molecule has 0 aliphatic carbocycles. The van der Waals surface area contributed by atoms with E-state index in [-0.39, 0.29) is 11.3 Å². The highest BCUT2D eigenvalue weighted by Gasteiger charge is 2.17. The molecule has 0 heterocycles. The molecule has 3 N–H and O–H groups in total. The number of anilines is 2. The largest absolute Gasteiger partial charge is 0.399 e. The quantitative estimate of drug-likeness (QED) is 0.658. The van der Waals surface area contributed by atoms with Crippen LogP contribution in [-0.2, 0) is 10.2 Å². The molecule has 2 aromatic rings. The first-order valence-electron chi connectivity index (χ1n) is 7.30. The first-order chi connectivity index (χ1) is 10.4. The Hall–Kier alpha value is -2.55. The Labute approximate surface area is 131 Å². The van der Waals surface area contributed by atoms with E-state index >= 15 is 0 Å². The number of nitrogen functional groups attached to an aromatic ring is 1. The summed E-state index contributed by atoms with van der Waals surface area (Å²) in [6.45, 7) is 6.38. The van der Waals surface area contributed by atoms with Gasteiger partial charge in [-0.2, -0.15) is 0 Å². The number of benzene rings is 2. The highest BCUT2D eigenvalue weighted by molar-refractivity contribution is 6.02. The zero-order valence-corrected chi connectivity index (χ0v) is 13.3. The summed E-state index contributed by atoms with van der Waals surface area (Å²) in [6, 6.07) is 15.3. The van der Waals surface area contributed by atoms with Gasteiger partial charge in [0.1, 0.15) is 0 Å². The summed E-state index contributed by atoms with van der Waals surface area (Å²) < 4.78 is 0. The number of rotatable bonds is 3. The molecule has 0 saturated carbocycles. The van der Waals surface area contributed by atoms with Gasteiger partial charge in [-0.3, -0.25) is 4.79 Å². The van der Waals surface area contributed by atoms with E-state index in [1.54, 1.807) is 6.08 Å². The number of carbonyl (C=O) groups is 1. The Morgan fingerprint density at radius 2 is 1.82 bits per heavy atom. The van der Waals surface area contributed by atoms with Gasteiger partial charge < -0.3 is 11.1 Å². The van der Waals surface area contributed by atoms with Crippen molar-refractivity contribution in [3.63, 3.8) is 0 Å². The van der Waals surface area contributed by atoms with E-state index in [0.29, 0.717) is 5.69 Å². The molecule has 114 valence electrons. The number of amides is 1. The number of nitrogens with two attached hydrogens (primary N) is 1. The molecule has 3 heteroatoms. The first-order valence-corrected chi connectivity index (χ1v) is 7.30. The minimum Gasteiger partial charge on any atom is -0.399 e. The molecule has 0 fully saturated rings. The van der Waals surface area contributed by atoms with Gasteiger partial charge in [0, 0.05) is 17.5 Å². The molecule has 0 atom stereocenters. The van der Waals surface area contributed by atoms with Gasteiger partial charge in [0.15, 0.2) is 0 Å². The van der Waals surface area contributed by atoms with Gasteiger partial charge in [-0.15, -0.1) is 0 Å². The van der Waals surface area contributed by atoms with Gasteiger partial charge >= 0.3 is 0 Å². The summed E-state index contributed by atoms with van der Waals surface area (Å²) in [4.78, 5) is 12.1. The molecular formula is C19H22N2O. The number of hydrogen-bond donors (Lipinski definition) is 2. The van der Waals surface area contributed by atoms with Crippen LogP contribution in [0.2, 0.25) is 0 Å². The van der Waals surface area contributed by atoms with Crippen LogP contribution in [0.3, 0.4) is 0 Å². The average Bonchev–Trinajstić information content (AvgIpc) is 2.45. The molecule has 0 radical (unpaired) electrons. The lowest BCUT2D eigenvalue weighted by Crippen LogP contribution is -2.17. The van der Waals surface area contributed by atoms with Crippen LogP contribution in [-0.4, -0.2) is 5.91 Å². The molecule has 2 aromatic carbocycles. The van der Waals surface area contributed by atoms with E-state index in [0.717, 1.165) is 16.8 Å². The Kier molecular flexibility index (Phi) is 4.66. The smallest absolute Gasteiger partial charge is 0.248 e. The van der Waals surface area contributed by atoms with Crippen molar-refractivity contribution in [3.05, 3.63) is 65.7 Å². The van der Waals surface area contributed by atoms with Crippen molar-refractivity contribution < 1.29 is 4.79 Å². The molecule has 0 spiro atoms. The van der Waals surface area contributed by atoms with Crippen LogP contribution in [0.1, 0.15) is 31.9 Å². The highest BCUT2D eigenvalue weighted by atomic mass is 16.1. The molecular weight excluding hydrogens is 272 g/mol. The molecule has 0 aromatic heterocycles. The third-order valence-electron chi connectivity index (χ3n) is 3.33. The molecule has 0 unspecified atom stereocenters. The maximum Gasteiger partial charge on any atom is 0.248 e. The van der Waals surface area contributed by atoms with Crippen molar-refractivity contribution in [2.75, 3.05) is 11.1 Å². The van der Waals surface area contributed by atoms with Crippen molar-refractivity contribution >= 4 is 23.4 Å². The van der Waals surface area contributed by atoms with E-state index in [1.165, 1.54) is 6.08 Å². The Morgan fingerprint density at radius 3 is 2.50 bits per heavy atom. The van der Waals surface area contributed by atoms with Crippen molar-refractivity contribution in [1.82, 2.24) is 0 Å². The second kappa shape index (κ2) is 6.48. The van der Waals surface area contributed by atoms with E-state index in [4.69, 9.17) is 5.73 Å². The monoisotopic (exact) mass is 294 g/mol. The minimum absolute atomic E-state index is 0.0263. The summed E-state index contributed by atoms with van der Waals surface area (Å²) in [5, 5.41) is 2.94. The van der Waals surface area contributed by atoms with Gasteiger partial charge in [-0.25, -0.2) is 0 Å². The van der Waals surface area contributed by atoms with Gasteiger partial charge in [0.25, 0.3) is 0 Å². The Morgan fingerprint density at radius 1 is 1.09 bits per heavy atom. The van der Waals surface area contributed by atoms with Gasteiger partial charge in [0.2, 0.25) is 5.91 Å². The van der Waals surface area contributed by atoms with E-state index in [2.05, 4.69) is 26.1 Å². The molecule has 22 heavy (non-hydrogen) atoms. The average molecular weight is 294 g/mol. The van der Waals surface area contributed by atoms with Crippen molar-refractivity contribution in [2.45, 2.75) is 26.2 Å². The van der Waals surface area contributed by atoms with E-state index in [1.807, 2.05) is 48.5 Å². The third kappa shape index (κ3) is 4.22. The first kappa shape index (κ1) is 15.8. The third-order valence-corrected chi connectivity index (χ3v) is 3.33. The number of nitrogens with one attached hydrogen (secondary N) is 1. The Bertz CT molecular complexity index is 697. The topological polar surface area (TPSA) is 55.1 Å². The number of carbonyl (C=O) groups excluding carboxylic acids is 1. The van der Waals surface area contributed by atoms with Crippen LogP contribution in [0.15, 0.2) is 54.6 Å². The van der Waals surface area contributed by atoms with Crippen LogP contribution < -0.4 is 11.1 Å². The lowest BCUT2D eigenvalue weighted by Gasteiger charge is -2.22. The predicted molar refractivity (Wildman–Crippen MR) is 93.7 cm³/mol. The predicted octanol–water partition coefficient (Wildman–Crippen LogP) is 4.22. The molecule has 2 rings (SSSR count). The Balaban J connectivity index is 2.13. The fraction of sp³-hybridized carbons (Fsp3) is 0.211. The van der Waals surface area contributed by atoms with Crippen molar-refractivity contribution in [1.29, 1.82) is 0 Å². The molecule has 0 aliphatic heterocycles. The maximum atomic E-state index is 12.1. The van der Waals surface area contributed by atoms with Crippen LogP contribution in [0.25, 0.3) is 6.08 Å². The molecule has 0 aliphatic rings. The zero-order chi connectivity index (χ0) is 16.2. The summed E-state index contributed by atoms with van der Waals surface area (Å²) in [7, 11) is 0. The second-order valence-electron chi connectivity index (χ2n) is 6.29. The lowest BCUT2D eigenvalue weighted by atomic mass is 9.86. The standard InChI is InChI=1S/C19H22N2O/c1-19(2,3)16-9-4-5-10-17(16)21-18(22)12-11-14-7-6-8-15(20)13-14/h4-13H,20H2,1-3H3,(H,21,22)/b12-11+. The molecule has 0 bridgehead atoms. The van der Waals surface area contributed by atoms with Crippen LogP contribution in [0, 0.1) is 0 Å². The van der Waals surface area contributed by atoms with E-state index < -0.39 is 0 Å². The summed E-state index contributed by atoms with van der Waals surface area (Å²) in [5.41, 5.74) is 9.24. The number of para-hydroxylation sites is 1. The molecule has 0 saturated heterocycles. The van der Waals surface area contributed by atoms with Crippen LogP contribution >= 0.6 is 0 Å². The van der Waals surface area contributed by atoms with Crippen molar-refractivity contribution in [3.8, 4) is 0 Å². The lowest BCUT2D eigenvalue weighted by molar-refractivity contribution is -0.111. The summed E-state index contributed by atoms with van der Waals surface area (Å²) >= 11 is 0. The normalized spacial score (nSPS) is 11.6. The fourth-order valence-corrected chi connectivity index (χ4v) is 2.26. The van der Waals surface area contributed by atoms with Gasteiger partial charge in [-0.1, -0.05) is 51.1 Å². The summed E-state index contributed by atoms with van der Waals surface area (Å²) in [6.07, 6.45) is 3.28. The summed E-state index contributed by atoms with van der Waals surface area (Å²) in [5.74, 6) is -0.154. The van der Waals surface area contributed by atoms with E-state index in [9.17, 15) is 4.79 Å².